The largest absolute Gasteiger partial charge is 0.293 e. The van der Waals surface area contributed by atoms with Gasteiger partial charge in [-0.2, -0.15) is 0 Å². The minimum atomic E-state index is 0. The van der Waals surface area contributed by atoms with Gasteiger partial charge in [-0.15, -0.1) is 17.0 Å². The predicted octanol–water partition coefficient (Wildman–Crippen LogP) is 2.24. The van der Waals surface area contributed by atoms with Gasteiger partial charge in [0.15, 0.2) is 5.78 Å². The van der Waals surface area contributed by atoms with Crippen molar-refractivity contribution in [3.63, 3.8) is 0 Å². The van der Waals surface area contributed by atoms with Crippen LogP contribution in [-0.4, -0.2) is 16.1 Å². The quantitative estimate of drug-likeness (QED) is 0.614. The van der Waals surface area contributed by atoms with Crippen LogP contribution in [0.1, 0.15) is 10.4 Å². The van der Waals surface area contributed by atoms with Crippen LogP contribution < -0.4 is 0 Å². The van der Waals surface area contributed by atoms with Gasteiger partial charge in [-0.05, 0) is 12.1 Å². The van der Waals surface area contributed by atoms with Crippen LogP contribution in [0.4, 0.5) is 0 Å². The van der Waals surface area contributed by atoms with E-state index in [1.54, 1.807) is 24.5 Å². The number of halogens is 2. The molecule has 1 aromatic rings. The lowest BCUT2D eigenvalue weighted by Gasteiger charge is -1.92. The van der Waals surface area contributed by atoms with Crippen molar-refractivity contribution >= 4 is 38.7 Å². The zero-order valence-corrected chi connectivity index (χ0v) is 8.96. The summed E-state index contributed by atoms with van der Waals surface area (Å²) in [5, 5.41) is 0.372. The summed E-state index contributed by atoms with van der Waals surface area (Å²) in [6, 6.07) is 3.40. The second-order valence-electron chi connectivity index (χ2n) is 1.79. The maximum atomic E-state index is 10.9. The smallest absolute Gasteiger partial charge is 0.173 e. The van der Waals surface area contributed by atoms with Crippen molar-refractivity contribution in [2.45, 2.75) is 0 Å². The Morgan fingerprint density at radius 2 is 2.00 bits per heavy atom. The molecule has 0 saturated carbocycles. The highest BCUT2D eigenvalue weighted by Gasteiger charge is 2.00. The Kier molecular flexibility index (Phi) is 5.32. The van der Waals surface area contributed by atoms with E-state index in [0.29, 0.717) is 10.9 Å². The van der Waals surface area contributed by atoms with Crippen molar-refractivity contribution in [3.8, 4) is 0 Å². The highest BCUT2D eigenvalue weighted by Crippen LogP contribution is 1.99. The van der Waals surface area contributed by atoms with E-state index >= 15 is 0 Å². The first-order valence-corrected chi connectivity index (χ1v) is 3.96. The number of aromatic nitrogens is 1. The molecule has 1 rings (SSSR count). The summed E-state index contributed by atoms with van der Waals surface area (Å²) in [6.07, 6.45) is 3.21. The first kappa shape index (κ1) is 10.8. The number of carbonyl (C=O) groups excluding carboxylic acids is 1. The Labute approximate surface area is 83.9 Å². The van der Waals surface area contributed by atoms with Gasteiger partial charge in [-0.3, -0.25) is 9.78 Å². The molecule has 4 heteroatoms. The molecule has 0 atom stereocenters. The fourth-order valence-electron chi connectivity index (χ4n) is 0.615. The number of carbonyl (C=O) groups is 1. The molecule has 0 fully saturated rings. The highest BCUT2D eigenvalue weighted by molar-refractivity contribution is 9.09. The Hall–Kier alpha value is -0.220. The van der Waals surface area contributed by atoms with Crippen LogP contribution in [0.2, 0.25) is 0 Å². The summed E-state index contributed by atoms with van der Waals surface area (Å²) in [6.45, 7) is 0. The van der Waals surface area contributed by atoms with Gasteiger partial charge in [0.1, 0.15) is 0 Å². The SMILES string of the molecule is Br.O=C(CBr)c1ccncc1. The molecule has 1 aromatic heterocycles. The first-order valence-electron chi connectivity index (χ1n) is 2.84. The van der Waals surface area contributed by atoms with Crippen LogP contribution in [0.25, 0.3) is 0 Å². The second kappa shape index (κ2) is 5.43. The highest BCUT2D eigenvalue weighted by atomic mass is 79.9. The zero-order chi connectivity index (χ0) is 7.40. The molecule has 1 heterocycles. The van der Waals surface area contributed by atoms with Crippen LogP contribution in [0, 0.1) is 0 Å². The summed E-state index contributed by atoms with van der Waals surface area (Å²) in [5.41, 5.74) is 0.701. The summed E-state index contributed by atoms with van der Waals surface area (Å²) < 4.78 is 0. The van der Waals surface area contributed by atoms with Crippen molar-refractivity contribution < 1.29 is 4.79 Å². The lowest BCUT2D eigenvalue weighted by Crippen LogP contribution is -1.98. The molecule has 0 aliphatic heterocycles. The van der Waals surface area contributed by atoms with E-state index in [9.17, 15) is 4.79 Å². The van der Waals surface area contributed by atoms with Crippen molar-refractivity contribution in [1.29, 1.82) is 0 Å². The molecular weight excluding hydrogens is 274 g/mol. The van der Waals surface area contributed by atoms with Crippen LogP contribution in [0.15, 0.2) is 24.5 Å². The van der Waals surface area contributed by atoms with Gasteiger partial charge in [0.05, 0.1) is 5.33 Å². The van der Waals surface area contributed by atoms with E-state index in [0.717, 1.165) is 0 Å². The van der Waals surface area contributed by atoms with E-state index in [1.807, 2.05) is 0 Å². The van der Waals surface area contributed by atoms with Crippen LogP contribution >= 0.6 is 32.9 Å². The molecule has 0 radical (unpaired) electrons. The predicted molar refractivity (Wildman–Crippen MR) is 52.7 cm³/mol. The summed E-state index contributed by atoms with van der Waals surface area (Å²) in [5.74, 6) is 0.0856. The van der Waals surface area contributed by atoms with E-state index in [-0.39, 0.29) is 22.8 Å². The van der Waals surface area contributed by atoms with E-state index < -0.39 is 0 Å². The van der Waals surface area contributed by atoms with Gasteiger partial charge in [0.25, 0.3) is 0 Å². The summed E-state index contributed by atoms with van der Waals surface area (Å²) in [4.78, 5) is 14.7. The minimum absolute atomic E-state index is 0. The summed E-state index contributed by atoms with van der Waals surface area (Å²) >= 11 is 3.08. The molecule has 0 aliphatic rings. The molecule has 2 nitrogen and oxygen atoms in total. The maximum Gasteiger partial charge on any atom is 0.173 e. The van der Waals surface area contributed by atoms with Crippen LogP contribution in [0.3, 0.4) is 0 Å². The molecule has 0 bridgehead atoms. The molecular formula is C7H7Br2NO. The topological polar surface area (TPSA) is 30.0 Å². The van der Waals surface area contributed by atoms with Gasteiger partial charge in [-0.1, -0.05) is 15.9 Å². The molecule has 0 aromatic carbocycles. The van der Waals surface area contributed by atoms with Crippen molar-refractivity contribution in [1.82, 2.24) is 4.98 Å². The van der Waals surface area contributed by atoms with Gasteiger partial charge in [0.2, 0.25) is 0 Å². The number of ketones is 1. The minimum Gasteiger partial charge on any atom is -0.293 e. The second-order valence-corrected chi connectivity index (χ2v) is 2.35. The molecule has 0 unspecified atom stereocenters. The number of rotatable bonds is 2. The number of hydrogen-bond donors (Lipinski definition) is 0. The molecule has 60 valence electrons. The fraction of sp³-hybridized carbons (Fsp3) is 0.143. The molecule has 11 heavy (non-hydrogen) atoms. The lowest BCUT2D eigenvalue weighted by atomic mass is 10.2. The Balaban J connectivity index is 0.000001000. The summed E-state index contributed by atoms with van der Waals surface area (Å²) in [7, 11) is 0. The average molecular weight is 281 g/mol. The van der Waals surface area contributed by atoms with Crippen molar-refractivity contribution in [2.24, 2.45) is 0 Å². The third-order valence-corrected chi connectivity index (χ3v) is 1.63. The average Bonchev–Trinajstić information content (AvgIpc) is 2.05. The lowest BCUT2D eigenvalue weighted by molar-refractivity contribution is 0.102. The van der Waals surface area contributed by atoms with Gasteiger partial charge < -0.3 is 0 Å². The van der Waals surface area contributed by atoms with E-state index in [4.69, 9.17) is 0 Å². The van der Waals surface area contributed by atoms with Crippen LogP contribution in [0.5, 0.6) is 0 Å². The third-order valence-electron chi connectivity index (χ3n) is 1.12. The number of Topliss-reactive ketones (excluding diaryl/α,β-unsaturated/α-hetero) is 1. The molecule has 0 aliphatic carbocycles. The number of alkyl halides is 1. The van der Waals surface area contributed by atoms with Gasteiger partial charge >= 0.3 is 0 Å². The van der Waals surface area contributed by atoms with E-state index in [2.05, 4.69) is 20.9 Å². The zero-order valence-electron chi connectivity index (χ0n) is 5.66. The molecule has 0 N–H and O–H groups in total. The standard InChI is InChI=1S/C7H6BrNO.BrH/c8-5-7(10)6-1-3-9-4-2-6;/h1-4H,5H2;1H. The monoisotopic (exact) mass is 279 g/mol. The number of hydrogen-bond acceptors (Lipinski definition) is 2. The van der Waals surface area contributed by atoms with Crippen molar-refractivity contribution in [2.75, 3.05) is 5.33 Å². The number of pyridine rings is 1. The fourth-order valence-corrected chi connectivity index (χ4v) is 0.939. The molecule has 0 spiro atoms. The molecule has 0 amide bonds. The van der Waals surface area contributed by atoms with Crippen molar-refractivity contribution in [3.05, 3.63) is 30.1 Å². The normalized spacial score (nSPS) is 8.45. The Morgan fingerprint density at radius 3 is 2.45 bits per heavy atom. The van der Waals surface area contributed by atoms with Crippen LogP contribution in [-0.2, 0) is 0 Å². The first-order chi connectivity index (χ1) is 4.84. The molecule has 0 saturated heterocycles. The van der Waals surface area contributed by atoms with E-state index in [1.165, 1.54) is 0 Å². The van der Waals surface area contributed by atoms with Gasteiger partial charge in [0, 0.05) is 18.0 Å². The Morgan fingerprint density at radius 1 is 1.45 bits per heavy atom. The third kappa shape index (κ3) is 3.12. The van der Waals surface area contributed by atoms with Gasteiger partial charge in [-0.25, -0.2) is 0 Å². The number of nitrogens with zero attached hydrogens (tertiary/aromatic N) is 1. The maximum absolute atomic E-state index is 10.9. The Bertz CT molecular complexity index is 225.